The summed E-state index contributed by atoms with van der Waals surface area (Å²) in [6.07, 6.45) is 13.1. The number of hydrogen-bond acceptors (Lipinski definition) is 4. The third-order valence-corrected chi connectivity index (χ3v) is 9.38. The van der Waals surface area contributed by atoms with Gasteiger partial charge in [-0.05, 0) is 113 Å². The minimum atomic E-state index is -0.603. The van der Waals surface area contributed by atoms with Gasteiger partial charge in [-0.2, -0.15) is 0 Å². The molecule has 2 aliphatic heterocycles. The van der Waals surface area contributed by atoms with Gasteiger partial charge in [-0.3, -0.25) is 14.5 Å². The topological polar surface area (TPSA) is 79.0 Å². The fourth-order valence-corrected chi connectivity index (χ4v) is 8.40. The van der Waals surface area contributed by atoms with Crippen LogP contribution >= 0.6 is 0 Å². The van der Waals surface area contributed by atoms with Crippen molar-refractivity contribution in [2.75, 3.05) is 11.9 Å². The molecular formula is C31H41N3O4. The van der Waals surface area contributed by atoms with E-state index < -0.39 is 17.7 Å². The van der Waals surface area contributed by atoms with Crippen molar-refractivity contribution < 1.29 is 19.1 Å². The summed E-state index contributed by atoms with van der Waals surface area (Å²) in [5.74, 6) is 2.51. The summed E-state index contributed by atoms with van der Waals surface area (Å²) in [7, 11) is 0. The van der Waals surface area contributed by atoms with Crippen LogP contribution in [-0.2, 0) is 20.9 Å². The van der Waals surface area contributed by atoms with Gasteiger partial charge in [0.2, 0.25) is 11.8 Å². The van der Waals surface area contributed by atoms with Gasteiger partial charge in [-0.15, -0.1) is 0 Å². The fourth-order valence-electron chi connectivity index (χ4n) is 8.40. The summed E-state index contributed by atoms with van der Waals surface area (Å²) >= 11 is 0. The van der Waals surface area contributed by atoms with Crippen molar-refractivity contribution >= 4 is 29.7 Å². The Balaban J connectivity index is 1.12. The van der Waals surface area contributed by atoms with Crippen LogP contribution in [0.2, 0.25) is 0 Å². The first-order chi connectivity index (χ1) is 18.1. The molecule has 1 aromatic carbocycles. The minimum absolute atomic E-state index is 0.0912. The molecule has 7 heteroatoms. The molecule has 0 aromatic heterocycles. The van der Waals surface area contributed by atoms with Crippen molar-refractivity contribution in [3.05, 3.63) is 35.5 Å². The van der Waals surface area contributed by atoms with E-state index >= 15 is 0 Å². The van der Waals surface area contributed by atoms with Crippen molar-refractivity contribution in [3.8, 4) is 0 Å². The van der Waals surface area contributed by atoms with Crippen LogP contribution in [0.3, 0.4) is 0 Å². The molecule has 3 amide bonds. The predicted octanol–water partition coefficient (Wildman–Crippen LogP) is 5.94. The molecule has 7 rings (SSSR count). The number of carbonyl (C=O) groups is 3. The number of anilines is 1. The molecule has 0 radical (unpaired) electrons. The van der Waals surface area contributed by atoms with Gasteiger partial charge in [0.1, 0.15) is 11.6 Å². The van der Waals surface area contributed by atoms with Crippen molar-refractivity contribution in [2.45, 2.75) is 96.7 Å². The number of likely N-dealkylation sites (tertiary alicyclic amines) is 1. The number of benzene rings is 1. The fraction of sp³-hybridized carbons (Fsp3) is 0.645. The van der Waals surface area contributed by atoms with Crippen molar-refractivity contribution in [3.63, 3.8) is 0 Å². The lowest BCUT2D eigenvalue weighted by molar-refractivity contribution is -0.133. The molecule has 0 spiro atoms. The molecule has 1 saturated heterocycles. The Labute approximate surface area is 226 Å². The molecule has 204 valence electrons. The first-order valence-electron chi connectivity index (χ1n) is 14.5. The Hall–Kier alpha value is -2.83. The Kier molecular flexibility index (Phi) is 6.31. The maximum atomic E-state index is 13.5. The molecule has 4 aliphatic carbocycles. The molecule has 7 nitrogen and oxygen atoms in total. The second-order valence-corrected chi connectivity index (χ2v) is 13.6. The van der Waals surface area contributed by atoms with Crippen LogP contribution in [0.1, 0.15) is 89.7 Å². The van der Waals surface area contributed by atoms with E-state index in [1.54, 1.807) is 16.0 Å². The highest BCUT2D eigenvalue weighted by Gasteiger charge is 2.51. The SMILES string of the molecule is CC(C)(C)OC(=O)N1CCCC1C(=O)N1C=Cc2c(cccc2NC(=O)CC23CC4CC(CC(C4)C2)C3)C1. The summed E-state index contributed by atoms with van der Waals surface area (Å²) in [5.41, 5.74) is 2.37. The molecule has 4 saturated carbocycles. The van der Waals surface area contributed by atoms with Crippen LogP contribution in [0, 0.1) is 23.2 Å². The molecule has 1 unspecified atom stereocenters. The number of hydrogen-bond donors (Lipinski definition) is 1. The molecule has 4 bridgehead atoms. The van der Waals surface area contributed by atoms with Gasteiger partial charge in [0, 0.05) is 30.4 Å². The van der Waals surface area contributed by atoms with E-state index in [9.17, 15) is 14.4 Å². The zero-order valence-corrected chi connectivity index (χ0v) is 23.0. The van der Waals surface area contributed by atoms with E-state index in [1.165, 1.54) is 38.5 Å². The van der Waals surface area contributed by atoms with Gasteiger partial charge in [0.25, 0.3) is 0 Å². The van der Waals surface area contributed by atoms with Crippen molar-refractivity contribution in [1.82, 2.24) is 9.80 Å². The highest BCUT2D eigenvalue weighted by Crippen LogP contribution is 2.61. The number of ether oxygens (including phenoxy) is 1. The number of amides is 3. The lowest BCUT2D eigenvalue weighted by Crippen LogP contribution is -2.48. The second kappa shape index (κ2) is 9.42. The molecule has 38 heavy (non-hydrogen) atoms. The molecule has 5 fully saturated rings. The third kappa shape index (κ3) is 4.96. The smallest absolute Gasteiger partial charge is 0.410 e. The quantitative estimate of drug-likeness (QED) is 0.534. The van der Waals surface area contributed by atoms with Crippen molar-refractivity contribution in [2.24, 2.45) is 23.2 Å². The Morgan fingerprint density at radius 3 is 2.39 bits per heavy atom. The average Bonchev–Trinajstić information content (AvgIpc) is 3.31. The molecular weight excluding hydrogens is 478 g/mol. The standard InChI is InChI=1S/C31H41N3O4/c1-30(2,3)38-29(37)34-10-5-8-26(34)28(36)33-11-9-24-23(19-33)6-4-7-25(24)32-27(35)18-31-15-20-12-21(16-31)14-22(13-20)17-31/h4,6-7,9,11,20-22,26H,5,8,10,12-19H2,1-3H3,(H,32,35). The Morgan fingerprint density at radius 1 is 1.05 bits per heavy atom. The van der Waals surface area contributed by atoms with E-state index in [2.05, 4.69) is 5.32 Å². The van der Waals surface area contributed by atoms with Crippen molar-refractivity contribution in [1.29, 1.82) is 0 Å². The molecule has 6 aliphatic rings. The first kappa shape index (κ1) is 25.4. The Bertz CT molecular complexity index is 1130. The van der Waals surface area contributed by atoms with Gasteiger partial charge >= 0.3 is 6.09 Å². The number of nitrogens with one attached hydrogen (secondary N) is 1. The third-order valence-electron chi connectivity index (χ3n) is 9.38. The summed E-state index contributed by atoms with van der Waals surface area (Å²) in [4.78, 5) is 42.7. The number of nitrogens with zero attached hydrogens (tertiary/aromatic N) is 2. The highest BCUT2D eigenvalue weighted by molar-refractivity contribution is 5.94. The number of carbonyl (C=O) groups excluding carboxylic acids is 3. The van der Waals surface area contributed by atoms with E-state index in [1.807, 2.05) is 45.0 Å². The van der Waals surface area contributed by atoms with E-state index in [0.29, 0.717) is 25.9 Å². The molecule has 1 N–H and O–H groups in total. The van der Waals surface area contributed by atoms with Crippen LogP contribution in [0.25, 0.3) is 6.08 Å². The largest absolute Gasteiger partial charge is 0.444 e. The molecule has 1 aromatic rings. The van der Waals surface area contributed by atoms with Gasteiger partial charge < -0.3 is 15.0 Å². The second-order valence-electron chi connectivity index (χ2n) is 13.6. The lowest BCUT2D eigenvalue weighted by atomic mass is 9.49. The van der Waals surface area contributed by atoms with Crippen LogP contribution in [0.5, 0.6) is 0 Å². The summed E-state index contributed by atoms with van der Waals surface area (Å²) in [6, 6.07) is 5.40. The zero-order valence-electron chi connectivity index (χ0n) is 23.0. The number of fused-ring (bicyclic) bond motifs is 1. The summed E-state index contributed by atoms with van der Waals surface area (Å²) in [6.45, 7) is 6.45. The van der Waals surface area contributed by atoms with E-state index in [-0.39, 0.29) is 17.2 Å². The van der Waals surface area contributed by atoms with Gasteiger partial charge in [0.15, 0.2) is 0 Å². The zero-order chi connectivity index (χ0) is 26.7. The van der Waals surface area contributed by atoms with Gasteiger partial charge in [-0.25, -0.2) is 4.79 Å². The van der Waals surface area contributed by atoms with E-state index in [4.69, 9.17) is 4.74 Å². The van der Waals surface area contributed by atoms with Crippen LogP contribution in [0.15, 0.2) is 24.4 Å². The highest BCUT2D eigenvalue weighted by atomic mass is 16.6. The summed E-state index contributed by atoms with van der Waals surface area (Å²) < 4.78 is 5.54. The van der Waals surface area contributed by atoms with Gasteiger partial charge in [0.05, 0.1) is 6.54 Å². The van der Waals surface area contributed by atoms with E-state index in [0.717, 1.165) is 41.0 Å². The maximum absolute atomic E-state index is 13.5. The summed E-state index contributed by atoms with van der Waals surface area (Å²) in [5, 5.41) is 3.22. The van der Waals surface area contributed by atoms with Crippen LogP contribution in [0.4, 0.5) is 10.5 Å². The lowest BCUT2D eigenvalue weighted by Gasteiger charge is -2.56. The molecule has 1 atom stereocenters. The minimum Gasteiger partial charge on any atom is -0.444 e. The monoisotopic (exact) mass is 519 g/mol. The first-order valence-corrected chi connectivity index (χ1v) is 14.5. The van der Waals surface area contributed by atoms with Crippen LogP contribution < -0.4 is 5.32 Å². The maximum Gasteiger partial charge on any atom is 0.410 e. The Morgan fingerprint density at radius 2 is 1.74 bits per heavy atom. The predicted molar refractivity (Wildman–Crippen MR) is 146 cm³/mol. The van der Waals surface area contributed by atoms with Gasteiger partial charge in [-0.1, -0.05) is 12.1 Å². The van der Waals surface area contributed by atoms with Crippen LogP contribution in [-0.4, -0.2) is 45.9 Å². The molecule has 2 heterocycles. The number of rotatable bonds is 4. The average molecular weight is 520 g/mol. The normalized spacial score (nSPS) is 31.3.